The van der Waals surface area contributed by atoms with E-state index in [0.29, 0.717) is 17.9 Å². The number of aromatic nitrogens is 1. The molecule has 0 radical (unpaired) electrons. The highest BCUT2D eigenvalue weighted by molar-refractivity contribution is 5.94. The van der Waals surface area contributed by atoms with Gasteiger partial charge in [-0.2, -0.15) is 0 Å². The number of nitrogens with one attached hydrogen (secondary N) is 2. The van der Waals surface area contributed by atoms with Crippen molar-refractivity contribution in [3.05, 3.63) is 23.4 Å². The Kier molecular flexibility index (Phi) is 5.95. The van der Waals surface area contributed by atoms with Gasteiger partial charge in [-0.1, -0.05) is 6.92 Å². The molecule has 6 nitrogen and oxygen atoms in total. The van der Waals surface area contributed by atoms with Gasteiger partial charge >= 0.3 is 0 Å². The van der Waals surface area contributed by atoms with Crippen molar-refractivity contribution in [1.29, 1.82) is 0 Å². The van der Waals surface area contributed by atoms with Crippen LogP contribution >= 0.6 is 0 Å². The van der Waals surface area contributed by atoms with Crippen molar-refractivity contribution < 1.29 is 4.79 Å². The highest BCUT2D eigenvalue weighted by atomic mass is 16.1. The number of nitrogen functional groups attached to an aromatic ring is 1. The average molecular weight is 291 g/mol. The van der Waals surface area contributed by atoms with Crippen LogP contribution < -0.4 is 16.6 Å². The molecule has 1 saturated heterocycles. The van der Waals surface area contributed by atoms with E-state index in [1.54, 1.807) is 6.07 Å². The number of hydrogen-bond acceptors (Lipinski definition) is 5. The van der Waals surface area contributed by atoms with Gasteiger partial charge in [-0.3, -0.25) is 4.79 Å². The predicted octanol–water partition coefficient (Wildman–Crippen LogP) is 1.15. The first-order chi connectivity index (χ1) is 10.2. The van der Waals surface area contributed by atoms with E-state index in [9.17, 15) is 4.79 Å². The quantitative estimate of drug-likeness (QED) is 0.399. The molecule has 1 fully saturated rings. The second-order valence-electron chi connectivity index (χ2n) is 5.39. The fourth-order valence-corrected chi connectivity index (χ4v) is 2.59. The molecule has 1 aromatic heterocycles. The zero-order valence-electron chi connectivity index (χ0n) is 12.7. The number of aryl methyl sites for hydroxylation is 1. The monoisotopic (exact) mass is 291 g/mol. The maximum Gasteiger partial charge on any atom is 0.251 e. The lowest BCUT2D eigenvalue weighted by Gasteiger charge is -2.14. The number of hydrogen-bond donors (Lipinski definition) is 3. The third kappa shape index (κ3) is 4.68. The summed E-state index contributed by atoms with van der Waals surface area (Å²) in [5.41, 5.74) is 3.97. The molecule has 0 spiro atoms. The Morgan fingerprint density at radius 1 is 1.38 bits per heavy atom. The van der Waals surface area contributed by atoms with Gasteiger partial charge in [-0.15, -0.1) is 0 Å². The van der Waals surface area contributed by atoms with Crippen LogP contribution in [0.4, 0.5) is 5.82 Å². The van der Waals surface area contributed by atoms with E-state index >= 15 is 0 Å². The lowest BCUT2D eigenvalue weighted by Crippen LogP contribution is -2.29. The van der Waals surface area contributed by atoms with Crippen molar-refractivity contribution in [2.75, 3.05) is 31.6 Å². The van der Waals surface area contributed by atoms with Crippen LogP contribution in [0.3, 0.4) is 0 Å². The summed E-state index contributed by atoms with van der Waals surface area (Å²) in [7, 11) is 0. The van der Waals surface area contributed by atoms with Gasteiger partial charge in [0.25, 0.3) is 5.91 Å². The Bertz CT molecular complexity index is 449. The topological polar surface area (TPSA) is 83.3 Å². The fraction of sp³-hybridized carbons (Fsp3) is 0.600. The summed E-state index contributed by atoms with van der Waals surface area (Å²) in [5, 5.41) is 2.96. The van der Waals surface area contributed by atoms with Crippen LogP contribution in [0.15, 0.2) is 12.1 Å². The van der Waals surface area contributed by atoms with Gasteiger partial charge in [-0.25, -0.2) is 10.8 Å². The van der Waals surface area contributed by atoms with E-state index in [1.165, 1.54) is 25.9 Å². The summed E-state index contributed by atoms with van der Waals surface area (Å²) in [6.07, 6.45) is 4.36. The van der Waals surface area contributed by atoms with E-state index in [-0.39, 0.29) is 5.91 Å². The first-order valence-corrected chi connectivity index (χ1v) is 7.71. The Balaban J connectivity index is 1.81. The number of rotatable bonds is 7. The minimum atomic E-state index is -0.0648. The van der Waals surface area contributed by atoms with Gasteiger partial charge in [0.05, 0.1) is 0 Å². The van der Waals surface area contributed by atoms with Crippen molar-refractivity contribution in [3.8, 4) is 0 Å². The van der Waals surface area contributed by atoms with E-state index in [4.69, 9.17) is 5.84 Å². The van der Waals surface area contributed by atoms with Crippen molar-refractivity contribution in [3.63, 3.8) is 0 Å². The van der Waals surface area contributed by atoms with Gasteiger partial charge in [-0.05, 0) is 57.5 Å². The number of anilines is 1. The number of pyridine rings is 1. The van der Waals surface area contributed by atoms with Gasteiger partial charge in [0.1, 0.15) is 5.82 Å². The average Bonchev–Trinajstić information content (AvgIpc) is 3.04. The molecule has 4 N–H and O–H groups in total. The molecule has 0 bridgehead atoms. The molecule has 116 valence electrons. The summed E-state index contributed by atoms with van der Waals surface area (Å²) in [5.74, 6) is 5.84. The van der Waals surface area contributed by atoms with Crippen LogP contribution in [-0.2, 0) is 6.42 Å². The van der Waals surface area contributed by atoms with Gasteiger partial charge in [0.2, 0.25) is 0 Å². The summed E-state index contributed by atoms with van der Waals surface area (Å²) in [6.45, 7) is 6.16. The smallest absolute Gasteiger partial charge is 0.251 e. The molecule has 1 aliphatic heterocycles. The zero-order valence-corrected chi connectivity index (χ0v) is 12.7. The molecule has 1 amide bonds. The molecule has 2 rings (SSSR count). The van der Waals surface area contributed by atoms with Crippen molar-refractivity contribution >= 4 is 11.7 Å². The van der Waals surface area contributed by atoms with Crippen LogP contribution in [0, 0.1) is 0 Å². The summed E-state index contributed by atoms with van der Waals surface area (Å²) in [6, 6.07) is 3.49. The second-order valence-corrected chi connectivity index (χ2v) is 5.39. The van der Waals surface area contributed by atoms with Crippen molar-refractivity contribution in [2.45, 2.75) is 32.6 Å². The van der Waals surface area contributed by atoms with Gasteiger partial charge in [0, 0.05) is 17.8 Å². The molecule has 0 saturated carbocycles. The lowest BCUT2D eigenvalue weighted by molar-refractivity contribution is 0.0952. The van der Waals surface area contributed by atoms with Crippen LogP contribution in [0.1, 0.15) is 42.2 Å². The maximum absolute atomic E-state index is 12.2. The van der Waals surface area contributed by atoms with Crippen molar-refractivity contribution in [1.82, 2.24) is 15.2 Å². The molecular weight excluding hydrogens is 266 g/mol. The Morgan fingerprint density at radius 3 is 2.81 bits per heavy atom. The minimum Gasteiger partial charge on any atom is -0.352 e. The predicted molar refractivity (Wildman–Crippen MR) is 84.0 cm³/mol. The number of carbonyl (C=O) groups excluding carboxylic acids is 1. The molecule has 0 unspecified atom stereocenters. The largest absolute Gasteiger partial charge is 0.352 e. The van der Waals surface area contributed by atoms with Gasteiger partial charge < -0.3 is 15.6 Å². The highest BCUT2D eigenvalue weighted by Crippen LogP contribution is 2.10. The van der Waals surface area contributed by atoms with Crippen LogP contribution in [-0.4, -0.2) is 42.0 Å². The van der Waals surface area contributed by atoms with Crippen LogP contribution in [0.2, 0.25) is 0 Å². The molecule has 0 aromatic carbocycles. The van der Waals surface area contributed by atoms with E-state index in [1.807, 2.05) is 13.0 Å². The standard InChI is InChI=1S/C15H25N5O/c1-2-13-10-12(11-14(18-13)19-16)15(21)17-6-5-9-20-7-3-4-8-20/h10-11H,2-9,16H2,1H3,(H,17,21)(H,18,19). The van der Waals surface area contributed by atoms with Crippen LogP contribution in [0.25, 0.3) is 0 Å². The third-order valence-corrected chi connectivity index (χ3v) is 3.79. The molecule has 1 aliphatic rings. The number of hydrazine groups is 1. The first kappa shape index (κ1) is 15.7. The van der Waals surface area contributed by atoms with Crippen LogP contribution in [0.5, 0.6) is 0 Å². The van der Waals surface area contributed by atoms with E-state index < -0.39 is 0 Å². The molecule has 0 aliphatic carbocycles. The summed E-state index contributed by atoms with van der Waals surface area (Å²) >= 11 is 0. The van der Waals surface area contributed by atoms with E-state index in [2.05, 4.69) is 20.6 Å². The third-order valence-electron chi connectivity index (χ3n) is 3.79. The maximum atomic E-state index is 12.2. The second kappa shape index (κ2) is 7.95. The minimum absolute atomic E-state index is 0.0648. The number of nitrogens with two attached hydrogens (primary N) is 1. The Morgan fingerprint density at radius 2 is 2.14 bits per heavy atom. The highest BCUT2D eigenvalue weighted by Gasteiger charge is 2.12. The number of nitrogens with zero attached hydrogens (tertiary/aromatic N) is 2. The fourth-order valence-electron chi connectivity index (χ4n) is 2.59. The first-order valence-electron chi connectivity index (χ1n) is 7.71. The van der Waals surface area contributed by atoms with Gasteiger partial charge in [0.15, 0.2) is 0 Å². The normalized spacial score (nSPS) is 15.1. The molecule has 2 heterocycles. The molecule has 0 atom stereocenters. The lowest BCUT2D eigenvalue weighted by atomic mass is 10.2. The Hall–Kier alpha value is -1.66. The summed E-state index contributed by atoms with van der Waals surface area (Å²) < 4.78 is 0. The molecule has 6 heteroatoms. The molecular formula is C15H25N5O. The number of amides is 1. The zero-order chi connectivity index (χ0) is 15.1. The molecule has 1 aromatic rings. The number of carbonyl (C=O) groups is 1. The SMILES string of the molecule is CCc1cc(C(=O)NCCCN2CCCC2)cc(NN)n1. The van der Waals surface area contributed by atoms with E-state index in [0.717, 1.165) is 25.1 Å². The summed E-state index contributed by atoms with van der Waals surface area (Å²) in [4.78, 5) is 18.9. The van der Waals surface area contributed by atoms with Crippen molar-refractivity contribution in [2.24, 2.45) is 5.84 Å². The Labute approximate surface area is 126 Å². The number of likely N-dealkylation sites (tertiary alicyclic amines) is 1. The molecule has 21 heavy (non-hydrogen) atoms.